The van der Waals surface area contributed by atoms with Gasteiger partial charge < -0.3 is 10.1 Å². The Kier molecular flexibility index (Phi) is 4.76. The Morgan fingerprint density at radius 3 is 2.86 bits per heavy atom. The van der Waals surface area contributed by atoms with E-state index in [1.54, 1.807) is 12.1 Å². The molecule has 0 saturated carbocycles. The summed E-state index contributed by atoms with van der Waals surface area (Å²) in [7, 11) is 0. The van der Waals surface area contributed by atoms with E-state index in [1.807, 2.05) is 18.2 Å². The first kappa shape index (κ1) is 15.1. The van der Waals surface area contributed by atoms with Crippen molar-refractivity contribution in [1.29, 1.82) is 0 Å². The van der Waals surface area contributed by atoms with Crippen molar-refractivity contribution in [2.24, 2.45) is 0 Å². The number of ether oxygens (including phenoxy) is 1. The topological polar surface area (TPSA) is 21.3 Å². The van der Waals surface area contributed by atoms with Crippen LogP contribution in [-0.2, 0) is 6.61 Å². The van der Waals surface area contributed by atoms with Gasteiger partial charge in [0.25, 0.3) is 0 Å². The molecule has 1 aliphatic heterocycles. The number of hydrogen-bond acceptors (Lipinski definition) is 2. The molecule has 0 aliphatic carbocycles. The van der Waals surface area contributed by atoms with Crippen molar-refractivity contribution in [2.45, 2.75) is 13.0 Å². The van der Waals surface area contributed by atoms with Crippen LogP contribution in [0.2, 0.25) is 5.02 Å². The quantitative estimate of drug-likeness (QED) is 0.900. The van der Waals surface area contributed by atoms with Crippen molar-refractivity contribution in [3.05, 3.63) is 70.5 Å². The van der Waals surface area contributed by atoms with Gasteiger partial charge >= 0.3 is 0 Å². The lowest BCUT2D eigenvalue weighted by atomic mass is 10.0. The Morgan fingerprint density at radius 1 is 1.18 bits per heavy atom. The molecule has 0 fully saturated rings. The maximum atomic E-state index is 13.7. The molecule has 1 heterocycles. The number of halogens is 2. The highest BCUT2D eigenvalue weighted by Gasteiger charge is 2.08. The standard InChI is InChI=1S/C18H17ClFNO/c19-16-5-4-15(18(20)11-16)12-22-17-3-1-2-14(10-17)13-6-8-21-9-7-13/h1-6,10-11,21H,7-9,12H2. The van der Waals surface area contributed by atoms with Crippen LogP contribution < -0.4 is 10.1 Å². The average molecular weight is 318 g/mol. The second kappa shape index (κ2) is 6.95. The summed E-state index contributed by atoms with van der Waals surface area (Å²) >= 11 is 5.75. The summed E-state index contributed by atoms with van der Waals surface area (Å²) in [6, 6.07) is 12.6. The average Bonchev–Trinajstić information content (AvgIpc) is 2.55. The Hall–Kier alpha value is -1.84. The third-order valence-electron chi connectivity index (χ3n) is 3.68. The predicted octanol–water partition coefficient (Wildman–Crippen LogP) is 4.43. The molecule has 1 aliphatic rings. The van der Waals surface area contributed by atoms with Crippen molar-refractivity contribution in [3.63, 3.8) is 0 Å². The van der Waals surface area contributed by atoms with Gasteiger partial charge in [0.1, 0.15) is 18.2 Å². The third-order valence-corrected chi connectivity index (χ3v) is 3.91. The molecule has 2 nitrogen and oxygen atoms in total. The number of hydrogen-bond donors (Lipinski definition) is 1. The van der Waals surface area contributed by atoms with E-state index in [-0.39, 0.29) is 12.4 Å². The van der Waals surface area contributed by atoms with E-state index in [0.29, 0.717) is 10.6 Å². The van der Waals surface area contributed by atoms with Crippen molar-refractivity contribution in [2.75, 3.05) is 13.1 Å². The van der Waals surface area contributed by atoms with Crippen LogP contribution >= 0.6 is 11.6 Å². The summed E-state index contributed by atoms with van der Waals surface area (Å²) in [5, 5.41) is 3.69. The Balaban J connectivity index is 1.71. The maximum Gasteiger partial charge on any atom is 0.131 e. The van der Waals surface area contributed by atoms with Gasteiger partial charge in [-0.05, 0) is 48.4 Å². The number of rotatable bonds is 4. The fraction of sp³-hybridized carbons (Fsp3) is 0.222. The number of benzene rings is 2. The van der Waals surface area contributed by atoms with Crippen molar-refractivity contribution >= 4 is 17.2 Å². The molecule has 0 atom stereocenters. The van der Waals surface area contributed by atoms with Gasteiger partial charge in [0.05, 0.1) is 0 Å². The fourth-order valence-corrected chi connectivity index (χ4v) is 2.63. The van der Waals surface area contributed by atoms with Crippen LogP contribution in [0, 0.1) is 5.82 Å². The number of nitrogens with one attached hydrogen (secondary N) is 1. The van der Waals surface area contributed by atoms with Crippen molar-refractivity contribution in [3.8, 4) is 5.75 Å². The summed E-state index contributed by atoms with van der Waals surface area (Å²) in [5.41, 5.74) is 2.98. The Bertz CT molecular complexity index is 699. The zero-order valence-corrected chi connectivity index (χ0v) is 12.9. The van der Waals surface area contributed by atoms with Crippen LogP contribution in [-0.4, -0.2) is 13.1 Å². The molecule has 0 unspecified atom stereocenters. The van der Waals surface area contributed by atoms with Crippen molar-refractivity contribution in [1.82, 2.24) is 5.32 Å². The molecule has 3 rings (SSSR count). The van der Waals surface area contributed by atoms with Gasteiger partial charge in [-0.25, -0.2) is 4.39 Å². The maximum absolute atomic E-state index is 13.7. The van der Waals surface area contributed by atoms with E-state index in [4.69, 9.17) is 16.3 Å². The van der Waals surface area contributed by atoms with Gasteiger partial charge in [0, 0.05) is 17.1 Å². The highest BCUT2D eigenvalue weighted by atomic mass is 35.5. The monoisotopic (exact) mass is 317 g/mol. The van der Waals surface area contributed by atoms with Gasteiger partial charge in [-0.15, -0.1) is 0 Å². The van der Waals surface area contributed by atoms with E-state index < -0.39 is 0 Å². The normalized spacial score (nSPS) is 14.5. The molecule has 0 radical (unpaired) electrons. The van der Waals surface area contributed by atoms with Gasteiger partial charge in [-0.2, -0.15) is 0 Å². The summed E-state index contributed by atoms with van der Waals surface area (Å²) in [6.45, 7) is 2.08. The van der Waals surface area contributed by atoms with E-state index in [9.17, 15) is 4.39 Å². The lowest BCUT2D eigenvalue weighted by molar-refractivity contribution is 0.300. The van der Waals surface area contributed by atoms with Crippen LogP contribution in [0.25, 0.3) is 5.57 Å². The molecule has 1 N–H and O–H groups in total. The Labute approximate surface area is 134 Å². The van der Waals surface area contributed by atoms with Crippen molar-refractivity contribution < 1.29 is 9.13 Å². The molecule has 0 saturated heterocycles. The molecule has 0 bridgehead atoms. The SMILES string of the molecule is Fc1cc(Cl)ccc1COc1cccc(C2=CCNCC2)c1. The van der Waals surface area contributed by atoms with E-state index in [2.05, 4.69) is 17.5 Å². The molecule has 0 spiro atoms. The van der Waals surface area contributed by atoms with Crippen LogP contribution in [0.3, 0.4) is 0 Å². The minimum Gasteiger partial charge on any atom is -0.489 e. The molecule has 2 aromatic rings. The summed E-state index contributed by atoms with van der Waals surface area (Å²) in [5.74, 6) is 0.399. The first-order chi connectivity index (χ1) is 10.7. The van der Waals surface area contributed by atoms with E-state index in [1.165, 1.54) is 11.6 Å². The second-order valence-corrected chi connectivity index (χ2v) is 5.67. The minimum absolute atomic E-state index is 0.188. The van der Waals surface area contributed by atoms with Gasteiger partial charge in [-0.3, -0.25) is 0 Å². The largest absolute Gasteiger partial charge is 0.489 e. The first-order valence-corrected chi connectivity index (χ1v) is 7.67. The van der Waals surface area contributed by atoms with E-state index >= 15 is 0 Å². The summed E-state index contributed by atoms with van der Waals surface area (Å²) < 4.78 is 19.5. The molecule has 114 valence electrons. The first-order valence-electron chi connectivity index (χ1n) is 7.29. The summed E-state index contributed by atoms with van der Waals surface area (Å²) in [4.78, 5) is 0. The van der Waals surface area contributed by atoms with Crippen LogP contribution in [0.15, 0.2) is 48.5 Å². The molecule has 4 heteroatoms. The highest BCUT2D eigenvalue weighted by molar-refractivity contribution is 6.30. The lowest BCUT2D eigenvalue weighted by Gasteiger charge is -2.15. The second-order valence-electron chi connectivity index (χ2n) is 5.24. The molecular weight excluding hydrogens is 301 g/mol. The zero-order valence-electron chi connectivity index (χ0n) is 12.1. The van der Waals surface area contributed by atoms with Crippen LogP contribution in [0.5, 0.6) is 5.75 Å². The smallest absolute Gasteiger partial charge is 0.131 e. The van der Waals surface area contributed by atoms with Gasteiger partial charge in [0.2, 0.25) is 0 Å². The molecule has 0 amide bonds. The van der Waals surface area contributed by atoms with Gasteiger partial charge in [-0.1, -0.05) is 35.9 Å². The molecule has 0 aromatic heterocycles. The lowest BCUT2D eigenvalue weighted by Crippen LogP contribution is -2.19. The van der Waals surface area contributed by atoms with Crippen LogP contribution in [0.4, 0.5) is 4.39 Å². The minimum atomic E-state index is -0.343. The van der Waals surface area contributed by atoms with Gasteiger partial charge in [0.15, 0.2) is 0 Å². The molecular formula is C18H17ClFNO. The van der Waals surface area contributed by atoms with E-state index in [0.717, 1.165) is 30.8 Å². The molecule has 2 aromatic carbocycles. The molecule has 22 heavy (non-hydrogen) atoms. The zero-order chi connectivity index (χ0) is 15.4. The predicted molar refractivity (Wildman–Crippen MR) is 87.6 cm³/mol. The Morgan fingerprint density at radius 2 is 2.09 bits per heavy atom. The summed E-state index contributed by atoms with van der Waals surface area (Å²) in [6.07, 6.45) is 3.21. The third kappa shape index (κ3) is 3.67. The fourth-order valence-electron chi connectivity index (χ4n) is 2.47. The highest BCUT2D eigenvalue weighted by Crippen LogP contribution is 2.24. The van der Waals surface area contributed by atoms with Crippen LogP contribution in [0.1, 0.15) is 17.5 Å².